The number of carbonyl (C=O) groups excluding carboxylic acids is 1. The number of amides is 1. The van der Waals surface area contributed by atoms with Crippen molar-refractivity contribution in [3.8, 4) is 34.1 Å². The van der Waals surface area contributed by atoms with Crippen LogP contribution in [0.2, 0.25) is 5.02 Å². The summed E-state index contributed by atoms with van der Waals surface area (Å²) < 4.78 is 55.7. The second-order valence-electron chi connectivity index (χ2n) is 16.1. The van der Waals surface area contributed by atoms with Gasteiger partial charge in [0.25, 0.3) is 0 Å². The number of nitrogens with one attached hydrogen (secondary N) is 3. The standard InChI is InChI=1S/C44H48ClF3N6O5/c1-58-41-25(20-49-21-27-13-17-38(55)50-27)12-15-37(52-41)33-11-5-10-32(39(33)45)29-8-4-9-31-30(29)14-16-36(31)51-40-35(44(46,47)48)19-26(42(53-40)59-2)22-54-23-34(43(56)57)24-6-3-7-28(54)18-24/h4-5,8-12,15,19,24,27-28,34,36,49H,3,6-7,13-14,16-18,20-23H2,1-2H3,(H,50,55)(H,51,53)(H,56,57)/t24?,27-,28?,34?,36-/m0/s1. The number of aliphatic carboxylic acids is 1. The second kappa shape index (κ2) is 17.0. The lowest BCUT2D eigenvalue weighted by Crippen LogP contribution is -2.51. The number of anilines is 1. The first kappa shape index (κ1) is 40.8. The maximum absolute atomic E-state index is 14.8. The summed E-state index contributed by atoms with van der Waals surface area (Å²) in [5, 5.41) is 19.9. The van der Waals surface area contributed by atoms with Gasteiger partial charge in [-0.1, -0.05) is 60.5 Å². The summed E-state index contributed by atoms with van der Waals surface area (Å²) in [4.78, 5) is 34.9. The Morgan fingerprint density at radius 3 is 2.47 bits per heavy atom. The number of hydrogen-bond donors (Lipinski definition) is 4. The lowest BCUT2D eigenvalue weighted by Gasteiger charge is -2.46. The predicted octanol–water partition coefficient (Wildman–Crippen LogP) is 8.04. The number of pyridine rings is 2. The Kier molecular flexibility index (Phi) is 11.8. The number of rotatable bonds is 13. The maximum Gasteiger partial charge on any atom is 0.419 e. The molecule has 0 radical (unpaired) electrons. The van der Waals surface area contributed by atoms with E-state index >= 15 is 0 Å². The number of fused-ring (bicyclic) bond motifs is 3. The van der Waals surface area contributed by atoms with Crippen LogP contribution in [0.5, 0.6) is 11.8 Å². The zero-order valence-electron chi connectivity index (χ0n) is 33.0. The van der Waals surface area contributed by atoms with Crippen molar-refractivity contribution in [2.75, 3.05) is 32.6 Å². The molecule has 15 heteroatoms. The smallest absolute Gasteiger partial charge is 0.419 e. The molecule has 2 bridgehead atoms. The van der Waals surface area contributed by atoms with Gasteiger partial charge in [0.05, 0.1) is 42.5 Å². The molecule has 11 nitrogen and oxygen atoms in total. The van der Waals surface area contributed by atoms with Gasteiger partial charge in [-0.15, -0.1) is 0 Å². The van der Waals surface area contributed by atoms with Crippen LogP contribution in [0.4, 0.5) is 19.0 Å². The topological polar surface area (TPSA) is 138 Å². The van der Waals surface area contributed by atoms with E-state index in [1.54, 1.807) is 7.11 Å². The van der Waals surface area contributed by atoms with E-state index in [0.29, 0.717) is 54.5 Å². The Morgan fingerprint density at radius 1 is 0.966 bits per heavy atom. The van der Waals surface area contributed by atoms with Gasteiger partial charge in [0, 0.05) is 66.9 Å². The molecule has 4 aromatic rings. The van der Waals surface area contributed by atoms with Crippen LogP contribution in [0.3, 0.4) is 0 Å². The van der Waals surface area contributed by atoms with Crippen molar-refractivity contribution in [3.63, 3.8) is 0 Å². The van der Waals surface area contributed by atoms with Crippen molar-refractivity contribution in [1.82, 2.24) is 25.5 Å². The second-order valence-corrected chi connectivity index (χ2v) is 16.5. The maximum atomic E-state index is 14.8. The molecule has 4 N–H and O–H groups in total. The molecule has 8 rings (SSSR count). The number of nitrogens with zero attached hydrogens (tertiary/aromatic N) is 3. The first-order valence-electron chi connectivity index (χ1n) is 20.2. The minimum Gasteiger partial charge on any atom is -0.481 e. The van der Waals surface area contributed by atoms with Crippen LogP contribution in [0.25, 0.3) is 22.4 Å². The van der Waals surface area contributed by atoms with Crippen molar-refractivity contribution in [2.24, 2.45) is 11.8 Å². The van der Waals surface area contributed by atoms with Crippen LogP contribution >= 0.6 is 11.6 Å². The van der Waals surface area contributed by atoms with E-state index in [9.17, 15) is 27.9 Å². The molecule has 2 aromatic heterocycles. The molecule has 3 fully saturated rings. The van der Waals surface area contributed by atoms with Crippen LogP contribution < -0.4 is 25.4 Å². The number of hydrogen-bond acceptors (Lipinski definition) is 9. The Bertz CT molecular complexity index is 2240. The Balaban J connectivity index is 1.03. The molecule has 0 spiro atoms. The van der Waals surface area contributed by atoms with E-state index in [4.69, 9.17) is 26.1 Å². The first-order chi connectivity index (χ1) is 28.4. The molecule has 4 aliphatic rings. The Morgan fingerprint density at radius 2 is 1.73 bits per heavy atom. The third-order valence-corrected chi connectivity index (χ3v) is 12.9. The summed E-state index contributed by atoms with van der Waals surface area (Å²) in [6, 6.07) is 16.2. The lowest BCUT2D eigenvalue weighted by atomic mass is 9.73. The highest BCUT2D eigenvalue weighted by Gasteiger charge is 2.43. The van der Waals surface area contributed by atoms with Crippen molar-refractivity contribution in [3.05, 3.63) is 87.4 Å². The summed E-state index contributed by atoms with van der Waals surface area (Å²) in [6.45, 7) is 1.54. The van der Waals surface area contributed by atoms with Gasteiger partial charge in [-0.25, -0.2) is 4.98 Å². The molecule has 3 unspecified atom stereocenters. The predicted molar refractivity (Wildman–Crippen MR) is 217 cm³/mol. The van der Waals surface area contributed by atoms with E-state index in [1.807, 2.05) is 53.4 Å². The minimum absolute atomic E-state index is 0.0709. The number of methoxy groups -OCH3 is 2. The largest absolute Gasteiger partial charge is 0.481 e. The van der Waals surface area contributed by atoms with Gasteiger partial charge in [-0.2, -0.15) is 18.2 Å². The zero-order valence-corrected chi connectivity index (χ0v) is 33.8. The average molecular weight is 833 g/mol. The van der Waals surface area contributed by atoms with E-state index < -0.39 is 29.7 Å². The first-order valence-corrected chi connectivity index (χ1v) is 20.6. The third-order valence-electron chi connectivity index (χ3n) is 12.5. The van der Waals surface area contributed by atoms with Gasteiger partial charge in [0.15, 0.2) is 0 Å². The van der Waals surface area contributed by atoms with E-state index in [0.717, 1.165) is 66.0 Å². The highest BCUT2D eigenvalue weighted by atomic mass is 35.5. The number of carboxylic acid groups (broad SMARTS) is 1. The minimum atomic E-state index is -4.71. The molecule has 5 atom stereocenters. The Hall–Kier alpha value is -4.92. The molecular formula is C44H48ClF3N6O5. The van der Waals surface area contributed by atoms with Gasteiger partial charge < -0.3 is 30.5 Å². The molecule has 2 aliphatic carbocycles. The number of halogens is 4. The average Bonchev–Trinajstić information content (AvgIpc) is 3.84. The fourth-order valence-corrected chi connectivity index (χ4v) is 9.92. The summed E-state index contributed by atoms with van der Waals surface area (Å²) in [6.07, 6.45) is 1.12. The SMILES string of the molecule is COc1nc(-c2cccc(-c3cccc4c3CC[C@@H]4Nc3nc(OC)c(CN4CC(C(=O)O)C5CCCC4C5)cc3C(F)(F)F)c2Cl)ccc1CNC[C@@H]1CCC(=O)N1. The lowest BCUT2D eigenvalue weighted by molar-refractivity contribution is -0.148. The van der Waals surface area contributed by atoms with Crippen molar-refractivity contribution in [2.45, 2.75) is 88.8 Å². The third kappa shape index (κ3) is 8.44. The summed E-state index contributed by atoms with van der Waals surface area (Å²) in [5.41, 5.74) is 5.07. The van der Waals surface area contributed by atoms with Gasteiger partial charge in [0.1, 0.15) is 5.82 Å². The number of carbonyl (C=O) groups is 2. The van der Waals surface area contributed by atoms with Crippen molar-refractivity contribution < 1.29 is 37.3 Å². The molecular weight excluding hydrogens is 785 g/mol. The van der Waals surface area contributed by atoms with Crippen LogP contribution in [0.1, 0.15) is 78.8 Å². The summed E-state index contributed by atoms with van der Waals surface area (Å²) in [7, 11) is 2.96. The zero-order chi connectivity index (χ0) is 41.4. The van der Waals surface area contributed by atoms with Crippen molar-refractivity contribution >= 4 is 29.3 Å². The molecule has 312 valence electrons. The fourth-order valence-electron chi connectivity index (χ4n) is 9.60. The van der Waals surface area contributed by atoms with E-state index in [-0.39, 0.29) is 54.3 Å². The molecule has 2 aromatic carbocycles. The molecule has 2 aliphatic heterocycles. The van der Waals surface area contributed by atoms with Crippen molar-refractivity contribution in [1.29, 1.82) is 0 Å². The fraction of sp³-hybridized carbons (Fsp3) is 0.455. The van der Waals surface area contributed by atoms with Gasteiger partial charge in [-0.3, -0.25) is 14.5 Å². The van der Waals surface area contributed by atoms with Crippen LogP contribution in [-0.4, -0.2) is 71.2 Å². The normalized spacial score (nSPS) is 22.8. The molecule has 59 heavy (non-hydrogen) atoms. The van der Waals surface area contributed by atoms with Crippen LogP contribution in [0, 0.1) is 11.8 Å². The summed E-state index contributed by atoms with van der Waals surface area (Å²) in [5.74, 6) is -1.05. The van der Waals surface area contributed by atoms with E-state index in [1.165, 1.54) is 7.11 Å². The molecule has 1 amide bonds. The number of alkyl halides is 3. The number of ether oxygens (including phenoxy) is 2. The van der Waals surface area contributed by atoms with Crippen LogP contribution in [-0.2, 0) is 35.3 Å². The molecule has 4 heterocycles. The van der Waals surface area contributed by atoms with Crippen LogP contribution in [0.15, 0.2) is 54.6 Å². The van der Waals surface area contributed by atoms with E-state index in [2.05, 4.69) is 20.9 Å². The highest BCUT2D eigenvalue weighted by Crippen LogP contribution is 2.46. The van der Waals surface area contributed by atoms with Gasteiger partial charge >= 0.3 is 12.1 Å². The number of benzene rings is 2. The number of carboxylic acids is 1. The molecule has 1 saturated carbocycles. The van der Waals surface area contributed by atoms with Gasteiger partial charge in [-0.05, 0) is 73.3 Å². The molecule has 2 saturated heterocycles. The monoisotopic (exact) mass is 832 g/mol. The highest BCUT2D eigenvalue weighted by molar-refractivity contribution is 6.36. The number of aromatic nitrogens is 2. The number of likely N-dealkylation sites (tertiary alicyclic amines) is 1. The quantitative estimate of drug-likeness (QED) is 0.105. The Labute approximate surface area is 346 Å². The van der Waals surface area contributed by atoms with Gasteiger partial charge in [0.2, 0.25) is 17.7 Å². The summed E-state index contributed by atoms with van der Waals surface area (Å²) >= 11 is 7.17. The number of piperidine rings is 1.